The Kier molecular flexibility index (Phi) is 3.63. The fourth-order valence-corrected chi connectivity index (χ4v) is 2.16. The van der Waals surface area contributed by atoms with Gasteiger partial charge in [-0.2, -0.15) is 0 Å². The van der Waals surface area contributed by atoms with Gasteiger partial charge in [0.25, 0.3) is 0 Å². The smallest absolute Gasteiger partial charge is 0.144 e. The van der Waals surface area contributed by atoms with E-state index in [2.05, 4.69) is 15.4 Å². The third kappa shape index (κ3) is 2.84. The summed E-state index contributed by atoms with van der Waals surface area (Å²) in [5.74, 6) is 7.38. The second-order valence-electron chi connectivity index (χ2n) is 3.98. The van der Waals surface area contributed by atoms with Crippen molar-refractivity contribution < 1.29 is 5.11 Å². The van der Waals surface area contributed by atoms with Gasteiger partial charge in [-0.25, -0.2) is 15.8 Å². The maximum absolute atomic E-state index is 9.01. The average molecular weight is 240 g/mol. The number of aliphatic hydroxyl groups excluding tert-OH is 1. The van der Waals surface area contributed by atoms with E-state index in [4.69, 9.17) is 10.9 Å². The van der Waals surface area contributed by atoms with E-state index in [0.717, 1.165) is 23.7 Å². The second-order valence-corrected chi connectivity index (χ2v) is 5.44. The number of aromatic nitrogens is 2. The summed E-state index contributed by atoms with van der Waals surface area (Å²) in [6.07, 6.45) is 2.32. The standard InChI is InChI=1S/C10H16N4OS/c1-6(5-15)16-9-4-8(14-11)12-10(13-9)7-2-3-7/h4,6-7,15H,2-3,5,11H2,1H3,(H,12,13,14). The van der Waals surface area contributed by atoms with Gasteiger partial charge in [-0.1, -0.05) is 6.92 Å². The molecule has 6 heteroatoms. The van der Waals surface area contributed by atoms with E-state index in [-0.39, 0.29) is 11.9 Å². The molecular weight excluding hydrogens is 224 g/mol. The van der Waals surface area contributed by atoms with Gasteiger partial charge in [-0.3, -0.25) is 0 Å². The van der Waals surface area contributed by atoms with Crippen LogP contribution in [0.4, 0.5) is 5.82 Å². The minimum atomic E-state index is 0.132. The molecule has 0 amide bonds. The zero-order valence-corrected chi connectivity index (χ0v) is 10.00. The van der Waals surface area contributed by atoms with Crippen LogP contribution in [0.2, 0.25) is 0 Å². The van der Waals surface area contributed by atoms with E-state index in [1.165, 1.54) is 11.8 Å². The van der Waals surface area contributed by atoms with Gasteiger partial charge in [-0.05, 0) is 12.8 Å². The number of hydrazine groups is 1. The van der Waals surface area contributed by atoms with Crippen molar-refractivity contribution in [3.8, 4) is 0 Å². The largest absolute Gasteiger partial charge is 0.395 e. The molecule has 0 aromatic carbocycles. The molecule has 16 heavy (non-hydrogen) atoms. The van der Waals surface area contributed by atoms with Gasteiger partial charge in [0.15, 0.2) is 0 Å². The molecule has 1 aromatic rings. The Balaban J connectivity index is 2.18. The molecule has 1 aliphatic rings. The molecule has 2 rings (SSSR count). The molecule has 4 N–H and O–H groups in total. The molecule has 1 aromatic heterocycles. The second kappa shape index (κ2) is 4.99. The summed E-state index contributed by atoms with van der Waals surface area (Å²) in [5.41, 5.74) is 2.55. The normalized spacial score (nSPS) is 17.2. The van der Waals surface area contributed by atoms with Crippen LogP contribution in [0.3, 0.4) is 0 Å². The van der Waals surface area contributed by atoms with Gasteiger partial charge in [0.2, 0.25) is 0 Å². The summed E-state index contributed by atoms with van der Waals surface area (Å²) < 4.78 is 0. The highest BCUT2D eigenvalue weighted by atomic mass is 32.2. The number of rotatable bonds is 5. The Morgan fingerprint density at radius 2 is 2.38 bits per heavy atom. The zero-order chi connectivity index (χ0) is 11.5. The van der Waals surface area contributed by atoms with Crippen LogP contribution in [0.25, 0.3) is 0 Å². The van der Waals surface area contributed by atoms with Crippen LogP contribution in [0.1, 0.15) is 31.5 Å². The van der Waals surface area contributed by atoms with Gasteiger partial charge in [0.1, 0.15) is 16.7 Å². The van der Waals surface area contributed by atoms with Crippen LogP contribution >= 0.6 is 11.8 Å². The lowest BCUT2D eigenvalue weighted by Gasteiger charge is -2.09. The summed E-state index contributed by atoms with van der Waals surface area (Å²) >= 11 is 1.54. The summed E-state index contributed by atoms with van der Waals surface area (Å²) in [7, 11) is 0. The van der Waals surface area contributed by atoms with Crippen LogP contribution in [-0.4, -0.2) is 26.9 Å². The van der Waals surface area contributed by atoms with E-state index >= 15 is 0 Å². The fraction of sp³-hybridized carbons (Fsp3) is 0.600. The molecule has 1 atom stereocenters. The summed E-state index contributed by atoms with van der Waals surface area (Å²) in [6, 6.07) is 1.81. The first-order chi connectivity index (χ1) is 7.72. The summed E-state index contributed by atoms with van der Waals surface area (Å²) in [5, 5.41) is 10.0. The number of nitrogens with two attached hydrogens (primary N) is 1. The number of hydrogen-bond donors (Lipinski definition) is 3. The number of aliphatic hydroxyl groups is 1. The van der Waals surface area contributed by atoms with Crippen LogP contribution in [0.15, 0.2) is 11.1 Å². The van der Waals surface area contributed by atoms with Gasteiger partial charge < -0.3 is 10.5 Å². The fourth-order valence-electron chi connectivity index (χ4n) is 1.34. The molecule has 1 unspecified atom stereocenters. The van der Waals surface area contributed by atoms with Gasteiger partial charge in [0, 0.05) is 17.2 Å². The van der Waals surface area contributed by atoms with E-state index in [1.807, 2.05) is 13.0 Å². The van der Waals surface area contributed by atoms with Crippen molar-refractivity contribution in [3.05, 3.63) is 11.9 Å². The lowest BCUT2D eigenvalue weighted by Crippen LogP contribution is -2.11. The molecule has 1 fully saturated rings. The average Bonchev–Trinajstić information content (AvgIpc) is 3.12. The van der Waals surface area contributed by atoms with E-state index in [9.17, 15) is 0 Å². The van der Waals surface area contributed by atoms with Crippen molar-refractivity contribution in [2.24, 2.45) is 5.84 Å². The van der Waals surface area contributed by atoms with Crippen molar-refractivity contribution in [1.82, 2.24) is 9.97 Å². The van der Waals surface area contributed by atoms with Crippen molar-refractivity contribution in [3.63, 3.8) is 0 Å². The van der Waals surface area contributed by atoms with Gasteiger partial charge in [-0.15, -0.1) is 11.8 Å². The summed E-state index contributed by atoms with van der Waals surface area (Å²) in [6.45, 7) is 2.10. The predicted octanol–water partition coefficient (Wildman–Crippen LogP) is 1.11. The Morgan fingerprint density at radius 1 is 1.62 bits per heavy atom. The third-order valence-electron chi connectivity index (χ3n) is 2.39. The highest BCUT2D eigenvalue weighted by Crippen LogP contribution is 2.39. The maximum atomic E-state index is 9.01. The number of thioether (sulfide) groups is 1. The van der Waals surface area contributed by atoms with Crippen LogP contribution < -0.4 is 11.3 Å². The molecule has 0 radical (unpaired) electrons. The third-order valence-corrected chi connectivity index (χ3v) is 3.39. The lowest BCUT2D eigenvalue weighted by molar-refractivity contribution is 0.300. The Labute approximate surface area is 98.8 Å². The molecule has 0 saturated heterocycles. The first kappa shape index (κ1) is 11.6. The van der Waals surface area contributed by atoms with E-state index < -0.39 is 0 Å². The van der Waals surface area contributed by atoms with Crippen LogP contribution in [-0.2, 0) is 0 Å². The zero-order valence-electron chi connectivity index (χ0n) is 9.18. The number of hydrogen-bond acceptors (Lipinski definition) is 6. The number of nitrogens with zero attached hydrogens (tertiary/aromatic N) is 2. The molecule has 0 aliphatic heterocycles. The molecule has 88 valence electrons. The summed E-state index contributed by atoms with van der Waals surface area (Å²) in [4.78, 5) is 8.80. The SMILES string of the molecule is CC(CO)Sc1cc(NN)nc(C2CC2)n1. The van der Waals surface area contributed by atoms with Gasteiger partial charge >= 0.3 is 0 Å². The van der Waals surface area contributed by atoms with Crippen LogP contribution in [0, 0.1) is 0 Å². The molecule has 5 nitrogen and oxygen atoms in total. The monoisotopic (exact) mass is 240 g/mol. The highest BCUT2D eigenvalue weighted by Gasteiger charge is 2.27. The quantitative estimate of drug-likeness (QED) is 0.309. The first-order valence-electron chi connectivity index (χ1n) is 5.36. The van der Waals surface area contributed by atoms with Crippen molar-refractivity contribution in [1.29, 1.82) is 0 Å². The topological polar surface area (TPSA) is 84.1 Å². The maximum Gasteiger partial charge on any atom is 0.144 e. The Bertz CT molecular complexity index is 370. The van der Waals surface area contributed by atoms with Crippen molar-refractivity contribution >= 4 is 17.6 Å². The number of nitrogens with one attached hydrogen (secondary N) is 1. The molecule has 0 spiro atoms. The van der Waals surface area contributed by atoms with Crippen molar-refractivity contribution in [2.75, 3.05) is 12.0 Å². The minimum absolute atomic E-state index is 0.132. The molecule has 0 bridgehead atoms. The Morgan fingerprint density at radius 3 is 2.94 bits per heavy atom. The van der Waals surface area contributed by atoms with E-state index in [0.29, 0.717) is 11.7 Å². The molecule has 1 heterocycles. The lowest BCUT2D eigenvalue weighted by atomic mass is 10.4. The number of anilines is 1. The molecule has 1 aliphatic carbocycles. The number of nitrogen functional groups attached to an aromatic ring is 1. The first-order valence-corrected chi connectivity index (χ1v) is 6.24. The highest BCUT2D eigenvalue weighted by molar-refractivity contribution is 7.99. The predicted molar refractivity (Wildman–Crippen MR) is 64.2 cm³/mol. The van der Waals surface area contributed by atoms with Crippen LogP contribution in [0.5, 0.6) is 0 Å². The van der Waals surface area contributed by atoms with Gasteiger partial charge in [0.05, 0.1) is 6.61 Å². The molecule has 1 saturated carbocycles. The minimum Gasteiger partial charge on any atom is -0.395 e. The Hall–Kier alpha value is -0.850. The van der Waals surface area contributed by atoms with E-state index in [1.54, 1.807) is 0 Å². The van der Waals surface area contributed by atoms with Crippen molar-refractivity contribution in [2.45, 2.75) is 36.0 Å². The molecular formula is C10H16N4OS.